The number of aliphatic imine (C=N–C) groups is 1. The van der Waals surface area contributed by atoms with Crippen molar-refractivity contribution in [1.82, 2.24) is 10.2 Å². The lowest BCUT2D eigenvalue weighted by molar-refractivity contribution is 0.0536. The standard InChI is InChI=1S/C22H37N3O5.HI/c1-6-23-22(25-12-10-17(15-25)16-30-14-13-26-2)24-11-9-18-7-8-19(27-3)21(29-5)20(18)28-4;/h7-8,17H,6,9-16H2,1-5H3,(H,23,24);1H. The molecule has 0 bridgehead atoms. The van der Waals surface area contributed by atoms with Gasteiger partial charge in [-0.3, -0.25) is 4.99 Å². The molecule has 0 spiro atoms. The average Bonchev–Trinajstić information content (AvgIpc) is 3.24. The van der Waals surface area contributed by atoms with E-state index in [4.69, 9.17) is 28.7 Å². The van der Waals surface area contributed by atoms with Gasteiger partial charge in [-0.25, -0.2) is 0 Å². The normalized spacial score (nSPS) is 16.1. The third-order valence-corrected chi connectivity index (χ3v) is 5.13. The van der Waals surface area contributed by atoms with Gasteiger partial charge in [-0.15, -0.1) is 24.0 Å². The van der Waals surface area contributed by atoms with Gasteiger partial charge < -0.3 is 33.9 Å². The zero-order chi connectivity index (χ0) is 21.8. The predicted octanol–water partition coefficient (Wildman–Crippen LogP) is 2.82. The molecule has 0 amide bonds. The molecule has 1 N–H and O–H groups in total. The number of nitrogens with zero attached hydrogens (tertiary/aromatic N) is 2. The summed E-state index contributed by atoms with van der Waals surface area (Å²) in [5, 5.41) is 3.42. The third kappa shape index (κ3) is 8.19. The van der Waals surface area contributed by atoms with Gasteiger partial charge in [0.2, 0.25) is 5.75 Å². The minimum atomic E-state index is 0. The SMILES string of the molecule is CCNC(=NCCc1ccc(OC)c(OC)c1OC)N1CCC(COCCOC)C1.I. The van der Waals surface area contributed by atoms with E-state index in [1.807, 2.05) is 12.1 Å². The molecule has 2 rings (SSSR count). The fraction of sp³-hybridized carbons (Fsp3) is 0.682. The van der Waals surface area contributed by atoms with Crippen molar-refractivity contribution in [2.75, 3.05) is 74.4 Å². The van der Waals surface area contributed by atoms with Crippen LogP contribution < -0.4 is 19.5 Å². The van der Waals surface area contributed by atoms with Crippen LogP contribution in [-0.4, -0.2) is 85.3 Å². The van der Waals surface area contributed by atoms with E-state index in [0.29, 0.717) is 42.9 Å². The molecule has 9 heteroatoms. The molecule has 178 valence electrons. The Morgan fingerprint density at radius 3 is 2.52 bits per heavy atom. The number of nitrogens with one attached hydrogen (secondary N) is 1. The van der Waals surface area contributed by atoms with Crippen molar-refractivity contribution in [3.8, 4) is 17.2 Å². The number of halogens is 1. The first-order valence-electron chi connectivity index (χ1n) is 10.6. The summed E-state index contributed by atoms with van der Waals surface area (Å²) in [7, 11) is 6.58. The maximum absolute atomic E-state index is 5.70. The number of ether oxygens (including phenoxy) is 5. The second-order valence-electron chi connectivity index (χ2n) is 7.15. The van der Waals surface area contributed by atoms with Crippen molar-refractivity contribution in [1.29, 1.82) is 0 Å². The molecule has 1 aliphatic heterocycles. The van der Waals surface area contributed by atoms with E-state index in [-0.39, 0.29) is 24.0 Å². The number of hydrogen-bond donors (Lipinski definition) is 1. The van der Waals surface area contributed by atoms with Crippen molar-refractivity contribution in [2.45, 2.75) is 19.8 Å². The zero-order valence-electron chi connectivity index (χ0n) is 19.4. The van der Waals surface area contributed by atoms with Crippen LogP contribution >= 0.6 is 24.0 Å². The highest BCUT2D eigenvalue weighted by Gasteiger charge is 2.25. The summed E-state index contributed by atoms with van der Waals surface area (Å²) in [6.07, 6.45) is 1.86. The van der Waals surface area contributed by atoms with E-state index in [1.54, 1.807) is 28.4 Å². The molecule has 31 heavy (non-hydrogen) atoms. The van der Waals surface area contributed by atoms with E-state index in [1.165, 1.54) is 0 Å². The molecule has 0 saturated carbocycles. The van der Waals surface area contributed by atoms with Gasteiger partial charge in [0.1, 0.15) is 0 Å². The number of guanidine groups is 1. The van der Waals surface area contributed by atoms with Crippen LogP contribution in [0, 0.1) is 5.92 Å². The molecule has 8 nitrogen and oxygen atoms in total. The molecule has 1 fully saturated rings. The van der Waals surface area contributed by atoms with Crippen molar-refractivity contribution in [2.24, 2.45) is 10.9 Å². The number of hydrogen-bond acceptors (Lipinski definition) is 6. The molecule has 1 aromatic carbocycles. The first kappa shape index (κ1) is 27.6. The topological polar surface area (TPSA) is 73.8 Å². The predicted molar refractivity (Wildman–Crippen MR) is 134 cm³/mol. The molecule has 0 aliphatic carbocycles. The molecular formula is C22H38IN3O5. The maximum atomic E-state index is 5.70. The summed E-state index contributed by atoms with van der Waals surface area (Å²) in [6.45, 7) is 7.58. The first-order chi connectivity index (χ1) is 14.7. The van der Waals surface area contributed by atoms with E-state index < -0.39 is 0 Å². The molecule has 1 aromatic rings. The van der Waals surface area contributed by atoms with Gasteiger partial charge in [0, 0.05) is 44.8 Å². The number of benzene rings is 1. The average molecular weight is 551 g/mol. The van der Waals surface area contributed by atoms with Crippen molar-refractivity contribution < 1.29 is 23.7 Å². The Balaban J connectivity index is 0.00000480. The smallest absolute Gasteiger partial charge is 0.203 e. The second kappa shape index (κ2) is 15.4. The molecular weight excluding hydrogens is 513 g/mol. The summed E-state index contributed by atoms with van der Waals surface area (Å²) >= 11 is 0. The quantitative estimate of drug-likeness (QED) is 0.185. The van der Waals surface area contributed by atoms with Crippen molar-refractivity contribution in [3.05, 3.63) is 17.7 Å². The van der Waals surface area contributed by atoms with Gasteiger partial charge in [-0.2, -0.15) is 0 Å². The number of rotatable bonds is 12. The van der Waals surface area contributed by atoms with Crippen LogP contribution in [0.4, 0.5) is 0 Å². The van der Waals surface area contributed by atoms with Crippen LogP contribution in [0.1, 0.15) is 18.9 Å². The van der Waals surface area contributed by atoms with Crippen LogP contribution in [0.2, 0.25) is 0 Å². The van der Waals surface area contributed by atoms with E-state index in [9.17, 15) is 0 Å². The highest BCUT2D eigenvalue weighted by Crippen LogP contribution is 2.39. The highest BCUT2D eigenvalue weighted by molar-refractivity contribution is 14.0. The monoisotopic (exact) mass is 551 g/mol. The van der Waals surface area contributed by atoms with Crippen LogP contribution in [-0.2, 0) is 15.9 Å². The van der Waals surface area contributed by atoms with Gasteiger partial charge in [0.05, 0.1) is 41.2 Å². The lowest BCUT2D eigenvalue weighted by atomic mass is 10.1. The summed E-state index contributed by atoms with van der Waals surface area (Å²) < 4.78 is 27.2. The van der Waals surface area contributed by atoms with Gasteiger partial charge in [0.25, 0.3) is 0 Å². The van der Waals surface area contributed by atoms with E-state index in [2.05, 4.69) is 17.1 Å². The molecule has 1 aliphatic rings. The van der Waals surface area contributed by atoms with E-state index >= 15 is 0 Å². The fourth-order valence-electron chi connectivity index (χ4n) is 3.62. The minimum absolute atomic E-state index is 0. The van der Waals surface area contributed by atoms with Gasteiger partial charge in [0.15, 0.2) is 17.5 Å². The Morgan fingerprint density at radius 1 is 1.10 bits per heavy atom. The Bertz CT molecular complexity index is 675. The van der Waals surface area contributed by atoms with Crippen molar-refractivity contribution >= 4 is 29.9 Å². The van der Waals surface area contributed by atoms with Gasteiger partial charge in [-0.1, -0.05) is 6.07 Å². The molecule has 0 aromatic heterocycles. The number of likely N-dealkylation sites (tertiary alicyclic amines) is 1. The van der Waals surface area contributed by atoms with E-state index in [0.717, 1.165) is 50.6 Å². The third-order valence-electron chi connectivity index (χ3n) is 5.13. The summed E-state index contributed by atoms with van der Waals surface area (Å²) in [5.41, 5.74) is 1.04. The van der Waals surface area contributed by atoms with Crippen LogP contribution in [0.5, 0.6) is 17.2 Å². The van der Waals surface area contributed by atoms with Crippen LogP contribution in [0.3, 0.4) is 0 Å². The Kier molecular flexibility index (Phi) is 13.7. The second-order valence-corrected chi connectivity index (χ2v) is 7.15. The first-order valence-corrected chi connectivity index (χ1v) is 10.6. The lowest BCUT2D eigenvalue weighted by Crippen LogP contribution is -2.40. The highest BCUT2D eigenvalue weighted by atomic mass is 127. The number of methoxy groups -OCH3 is 4. The molecule has 1 saturated heterocycles. The van der Waals surface area contributed by atoms with Crippen LogP contribution in [0.15, 0.2) is 17.1 Å². The maximum Gasteiger partial charge on any atom is 0.203 e. The summed E-state index contributed by atoms with van der Waals surface area (Å²) in [4.78, 5) is 7.17. The van der Waals surface area contributed by atoms with Gasteiger partial charge >= 0.3 is 0 Å². The fourth-order valence-corrected chi connectivity index (χ4v) is 3.62. The summed E-state index contributed by atoms with van der Waals surface area (Å²) in [5.74, 6) is 3.45. The zero-order valence-corrected chi connectivity index (χ0v) is 21.8. The lowest BCUT2D eigenvalue weighted by Gasteiger charge is -2.22. The molecule has 0 radical (unpaired) electrons. The Hall–Kier alpha value is -1.46. The summed E-state index contributed by atoms with van der Waals surface area (Å²) in [6, 6.07) is 3.91. The Labute approximate surface area is 203 Å². The molecule has 1 unspecified atom stereocenters. The Morgan fingerprint density at radius 2 is 1.87 bits per heavy atom. The molecule has 1 atom stereocenters. The van der Waals surface area contributed by atoms with Crippen LogP contribution in [0.25, 0.3) is 0 Å². The largest absolute Gasteiger partial charge is 0.493 e. The minimum Gasteiger partial charge on any atom is -0.493 e. The molecule has 1 heterocycles. The van der Waals surface area contributed by atoms with Crippen molar-refractivity contribution in [3.63, 3.8) is 0 Å². The van der Waals surface area contributed by atoms with Gasteiger partial charge in [-0.05, 0) is 25.8 Å².